The first-order valence-electron chi connectivity index (χ1n) is 6.76. The van der Waals surface area contributed by atoms with Crippen LogP contribution in [0.3, 0.4) is 0 Å². The van der Waals surface area contributed by atoms with Crippen LogP contribution in [-0.2, 0) is 6.54 Å². The highest BCUT2D eigenvalue weighted by Gasteiger charge is 2.31. The molecule has 1 atom stereocenters. The van der Waals surface area contributed by atoms with Gasteiger partial charge in [-0.3, -0.25) is 0 Å². The third-order valence-corrected chi connectivity index (χ3v) is 3.47. The minimum atomic E-state index is -0.530. The van der Waals surface area contributed by atoms with Gasteiger partial charge in [-0.1, -0.05) is 26.0 Å². The van der Waals surface area contributed by atoms with E-state index in [9.17, 15) is 5.11 Å². The van der Waals surface area contributed by atoms with Gasteiger partial charge < -0.3 is 15.3 Å². The fourth-order valence-electron chi connectivity index (χ4n) is 2.31. The van der Waals surface area contributed by atoms with Crippen molar-refractivity contribution in [3.8, 4) is 0 Å². The first-order chi connectivity index (χ1) is 8.46. The second kappa shape index (κ2) is 5.29. The van der Waals surface area contributed by atoms with Gasteiger partial charge in [-0.15, -0.1) is 0 Å². The van der Waals surface area contributed by atoms with E-state index in [2.05, 4.69) is 48.3 Å². The molecule has 0 amide bonds. The summed E-state index contributed by atoms with van der Waals surface area (Å²) in [6.07, 6.45) is 0.851. The van der Waals surface area contributed by atoms with Crippen LogP contribution in [-0.4, -0.2) is 29.8 Å². The average molecular weight is 248 g/mol. The maximum atomic E-state index is 9.97. The molecule has 1 aliphatic heterocycles. The van der Waals surface area contributed by atoms with E-state index in [1.165, 1.54) is 11.3 Å². The molecule has 0 spiro atoms. The maximum absolute atomic E-state index is 9.97. The number of β-amino-alcohol motifs (C(OH)–C–C–N with tert-alkyl or cyclic N) is 1. The number of nitrogens with zero attached hydrogens (tertiary/aromatic N) is 1. The smallest absolute Gasteiger partial charge is 0.0810 e. The van der Waals surface area contributed by atoms with E-state index in [0.29, 0.717) is 6.04 Å². The average Bonchev–Trinajstić information content (AvgIpc) is 2.68. The fraction of sp³-hybridized carbons (Fsp3) is 0.600. The van der Waals surface area contributed by atoms with Crippen LogP contribution in [0, 0.1) is 0 Å². The zero-order chi connectivity index (χ0) is 13.2. The topological polar surface area (TPSA) is 35.5 Å². The molecular formula is C15H24N2O. The van der Waals surface area contributed by atoms with Crippen LogP contribution < -0.4 is 10.2 Å². The molecule has 3 heteroatoms. The van der Waals surface area contributed by atoms with Gasteiger partial charge in [0.2, 0.25) is 0 Å². The van der Waals surface area contributed by atoms with Gasteiger partial charge in [0, 0.05) is 31.4 Å². The Balaban J connectivity index is 1.96. The fourth-order valence-corrected chi connectivity index (χ4v) is 2.31. The molecule has 2 rings (SSSR count). The highest BCUT2D eigenvalue weighted by Crippen LogP contribution is 2.26. The van der Waals surface area contributed by atoms with Crippen LogP contribution in [0.5, 0.6) is 0 Å². The largest absolute Gasteiger partial charge is 0.388 e. The predicted octanol–water partition coefficient (Wildman–Crippen LogP) is 2.15. The number of hydrogen-bond acceptors (Lipinski definition) is 3. The summed E-state index contributed by atoms with van der Waals surface area (Å²) in [5, 5.41) is 13.4. The third kappa shape index (κ3) is 3.47. The molecule has 0 aliphatic carbocycles. The van der Waals surface area contributed by atoms with Gasteiger partial charge in [0.25, 0.3) is 0 Å². The van der Waals surface area contributed by atoms with E-state index in [1.807, 2.05) is 6.92 Å². The van der Waals surface area contributed by atoms with Crippen molar-refractivity contribution in [3.63, 3.8) is 0 Å². The molecule has 18 heavy (non-hydrogen) atoms. The molecule has 1 saturated heterocycles. The lowest BCUT2D eigenvalue weighted by molar-refractivity contribution is 0.0839. The van der Waals surface area contributed by atoms with Crippen LogP contribution in [0.1, 0.15) is 32.8 Å². The standard InChI is InChI=1S/C15H24N2O/c1-12(2)16-10-13-4-6-14(7-5-13)17-9-8-15(3,18)11-17/h4-7,12,16,18H,8-11H2,1-3H3. The van der Waals surface area contributed by atoms with Gasteiger partial charge in [-0.2, -0.15) is 0 Å². The lowest BCUT2D eigenvalue weighted by Gasteiger charge is -2.21. The Morgan fingerprint density at radius 2 is 2.00 bits per heavy atom. The Morgan fingerprint density at radius 1 is 1.33 bits per heavy atom. The van der Waals surface area contributed by atoms with Gasteiger partial charge >= 0.3 is 0 Å². The quantitative estimate of drug-likeness (QED) is 0.857. The predicted molar refractivity (Wildman–Crippen MR) is 75.9 cm³/mol. The minimum absolute atomic E-state index is 0.512. The molecule has 0 saturated carbocycles. The summed E-state index contributed by atoms with van der Waals surface area (Å²) in [5.41, 5.74) is 1.98. The molecular weight excluding hydrogens is 224 g/mol. The lowest BCUT2D eigenvalue weighted by atomic mass is 10.1. The van der Waals surface area contributed by atoms with Crippen LogP contribution in [0.2, 0.25) is 0 Å². The monoisotopic (exact) mass is 248 g/mol. The molecule has 1 aromatic carbocycles. The summed E-state index contributed by atoms with van der Waals surface area (Å²) < 4.78 is 0. The summed E-state index contributed by atoms with van der Waals surface area (Å²) in [4.78, 5) is 2.25. The maximum Gasteiger partial charge on any atom is 0.0810 e. The molecule has 100 valence electrons. The molecule has 1 unspecified atom stereocenters. The molecule has 1 aromatic rings. The summed E-state index contributed by atoms with van der Waals surface area (Å²) in [7, 11) is 0. The minimum Gasteiger partial charge on any atom is -0.388 e. The van der Waals surface area contributed by atoms with E-state index >= 15 is 0 Å². The molecule has 0 aromatic heterocycles. The number of rotatable bonds is 4. The molecule has 2 N–H and O–H groups in total. The van der Waals surface area contributed by atoms with Crippen molar-refractivity contribution in [2.75, 3.05) is 18.0 Å². The molecule has 1 aliphatic rings. The molecule has 1 heterocycles. The van der Waals surface area contributed by atoms with Crippen molar-refractivity contribution < 1.29 is 5.11 Å². The molecule has 3 nitrogen and oxygen atoms in total. The van der Waals surface area contributed by atoms with Crippen LogP contribution in [0.25, 0.3) is 0 Å². The van der Waals surface area contributed by atoms with Crippen molar-refractivity contribution in [3.05, 3.63) is 29.8 Å². The molecule has 1 fully saturated rings. The number of benzene rings is 1. The van der Waals surface area contributed by atoms with Crippen LogP contribution in [0.4, 0.5) is 5.69 Å². The van der Waals surface area contributed by atoms with Gasteiger partial charge in [-0.05, 0) is 31.0 Å². The summed E-state index contributed by atoms with van der Waals surface area (Å²) in [6, 6.07) is 9.14. The first kappa shape index (κ1) is 13.4. The van der Waals surface area contributed by atoms with Gasteiger partial charge in [-0.25, -0.2) is 0 Å². The second-order valence-corrected chi connectivity index (χ2v) is 5.87. The third-order valence-electron chi connectivity index (χ3n) is 3.47. The Hall–Kier alpha value is -1.06. The summed E-state index contributed by atoms with van der Waals surface area (Å²) in [6.45, 7) is 8.80. The summed E-state index contributed by atoms with van der Waals surface area (Å²) in [5.74, 6) is 0. The Kier molecular flexibility index (Phi) is 3.93. The van der Waals surface area contributed by atoms with Crippen molar-refractivity contribution in [1.29, 1.82) is 0 Å². The Labute approximate surface area is 110 Å². The number of anilines is 1. The van der Waals surface area contributed by atoms with Gasteiger partial charge in [0.05, 0.1) is 5.60 Å². The Bertz CT molecular complexity index is 384. The van der Waals surface area contributed by atoms with Gasteiger partial charge in [0.1, 0.15) is 0 Å². The SMILES string of the molecule is CC(C)NCc1ccc(N2CCC(C)(O)C2)cc1. The molecule has 0 radical (unpaired) electrons. The van der Waals surface area contributed by atoms with Crippen LogP contribution in [0.15, 0.2) is 24.3 Å². The van der Waals surface area contributed by atoms with Crippen molar-refractivity contribution in [2.45, 2.75) is 45.4 Å². The normalized spacial score (nSPS) is 23.9. The van der Waals surface area contributed by atoms with E-state index < -0.39 is 5.60 Å². The highest BCUT2D eigenvalue weighted by atomic mass is 16.3. The van der Waals surface area contributed by atoms with E-state index in [1.54, 1.807) is 0 Å². The zero-order valence-corrected chi connectivity index (χ0v) is 11.6. The summed E-state index contributed by atoms with van der Waals surface area (Å²) >= 11 is 0. The van der Waals surface area contributed by atoms with Gasteiger partial charge in [0.15, 0.2) is 0 Å². The van der Waals surface area contributed by atoms with Crippen molar-refractivity contribution >= 4 is 5.69 Å². The first-order valence-corrected chi connectivity index (χ1v) is 6.76. The lowest BCUT2D eigenvalue weighted by Crippen LogP contribution is -2.29. The van der Waals surface area contributed by atoms with Crippen molar-refractivity contribution in [2.24, 2.45) is 0 Å². The van der Waals surface area contributed by atoms with E-state index in [0.717, 1.165) is 26.1 Å². The highest BCUT2D eigenvalue weighted by molar-refractivity contribution is 5.49. The van der Waals surface area contributed by atoms with Crippen molar-refractivity contribution in [1.82, 2.24) is 5.32 Å². The van der Waals surface area contributed by atoms with E-state index in [4.69, 9.17) is 0 Å². The Morgan fingerprint density at radius 3 is 2.50 bits per heavy atom. The van der Waals surface area contributed by atoms with E-state index in [-0.39, 0.29) is 0 Å². The number of aliphatic hydroxyl groups is 1. The number of hydrogen-bond donors (Lipinski definition) is 2. The molecule has 0 bridgehead atoms. The zero-order valence-electron chi connectivity index (χ0n) is 11.6. The van der Waals surface area contributed by atoms with Crippen LogP contribution >= 0.6 is 0 Å². The second-order valence-electron chi connectivity index (χ2n) is 5.87. The number of nitrogens with one attached hydrogen (secondary N) is 1.